The average molecular weight is 299 g/mol. The lowest BCUT2D eigenvalue weighted by Crippen LogP contribution is -2.37. The first kappa shape index (κ1) is 13.3. The SMILES string of the molecule is Clc1ccc(C2(c3cc4c(nn3)CCCC4)CCC2)cc1. The van der Waals surface area contributed by atoms with E-state index in [1.54, 1.807) is 0 Å². The van der Waals surface area contributed by atoms with Gasteiger partial charge < -0.3 is 0 Å². The highest BCUT2D eigenvalue weighted by Gasteiger charge is 2.42. The standard InChI is InChI=1S/C18H19ClN2/c19-15-8-6-14(7-9-15)18(10-3-11-18)17-12-13-4-1-2-5-16(13)20-21-17/h6-9,12H,1-5,10-11H2. The van der Waals surface area contributed by atoms with Gasteiger partial charge in [0.05, 0.1) is 11.4 Å². The Kier molecular flexibility index (Phi) is 3.22. The number of hydrogen-bond acceptors (Lipinski definition) is 2. The molecule has 2 aromatic rings. The molecule has 2 aliphatic carbocycles. The maximum atomic E-state index is 6.04. The van der Waals surface area contributed by atoms with Crippen molar-refractivity contribution in [3.63, 3.8) is 0 Å². The van der Waals surface area contributed by atoms with Gasteiger partial charge in [-0.15, -0.1) is 0 Å². The zero-order valence-corrected chi connectivity index (χ0v) is 12.9. The molecular weight excluding hydrogens is 280 g/mol. The number of halogens is 1. The number of hydrogen-bond donors (Lipinski definition) is 0. The van der Waals surface area contributed by atoms with Crippen LogP contribution in [0.5, 0.6) is 0 Å². The van der Waals surface area contributed by atoms with Gasteiger partial charge in [-0.05, 0) is 67.9 Å². The van der Waals surface area contributed by atoms with Gasteiger partial charge in [0, 0.05) is 10.4 Å². The third-order valence-electron chi connectivity index (χ3n) is 5.16. The molecule has 0 bridgehead atoms. The van der Waals surface area contributed by atoms with Crippen molar-refractivity contribution in [3.05, 3.63) is 57.9 Å². The molecule has 21 heavy (non-hydrogen) atoms. The topological polar surface area (TPSA) is 25.8 Å². The van der Waals surface area contributed by atoms with Crippen LogP contribution in [0.1, 0.15) is 54.6 Å². The van der Waals surface area contributed by atoms with Crippen LogP contribution in [0.15, 0.2) is 30.3 Å². The Hall–Kier alpha value is -1.41. The minimum absolute atomic E-state index is 0.0735. The Morgan fingerprint density at radius 2 is 1.67 bits per heavy atom. The summed E-state index contributed by atoms with van der Waals surface area (Å²) < 4.78 is 0. The van der Waals surface area contributed by atoms with Crippen LogP contribution in [0.2, 0.25) is 5.02 Å². The molecule has 0 atom stereocenters. The number of aromatic nitrogens is 2. The number of fused-ring (bicyclic) bond motifs is 1. The molecule has 4 rings (SSSR count). The average Bonchev–Trinajstić information content (AvgIpc) is 2.48. The summed E-state index contributed by atoms with van der Waals surface area (Å²) in [6, 6.07) is 10.6. The van der Waals surface area contributed by atoms with Gasteiger partial charge in [-0.25, -0.2) is 0 Å². The highest BCUT2D eigenvalue weighted by atomic mass is 35.5. The van der Waals surface area contributed by atoms with Crippen molar-refractivity contribution in [2.24, 2.45) is 0 Å². The first-order chi connectivity index (χ1) is 10.3. The molecule has 2 nitrogen and oxygen atoms in total. The van der Waals surface area contributed by atoms with E-state index < -0.39 is 0 Å². The molecule has 1 aromatic carbocycles. The number of nitrogens with zero attached hydrogens (tertiary/aromatic N) is 2. The maximum Gasteiger partial charge on any atom is 0.0739 e. The molecular formula is C18H19ClN2. The van der Waals surface area contributed by atoms with Gasteiger partial charge >= 0.3 is 0 Å². The van der Waals surface area contributed by atoms with Crippen molar-refractivity contribution in [3.8, 4) is 0 Å². The number of rotatable bonds is 2. The lowest BCUT2D eigenvalue weighted by molar-refractivity contribution is 0.290. The van der Waals surface area contributed by atoms with Gasteiger partial charge in [0.1, 0.15) is 0 Å². The summed E-state index contributed by atoms with van der Waals surface area (Å²) in [7, 11) is 0. The monoisotopic (exact) mass is 298 g/mol. The molecule has 0 radical (unpaired) electrons. The van der Waals surface area contributed by atoms with Gasteiger partial charge in [0.15, 0.2) is 0 Å². The summed E-state index contributed by atoms with van der Waals surface area (Å²) in [6.45, 7) is 0. The van der Waals surface area contributed by atoms with E-state index in [-0.39, 0.29) is 5.41 Å². The molecule has 2 aliphatic rings. The van der Waals surface area contributed by atoms with Crippen molar-refractivity contribution in [1.82, 2.24) is 10.2 Å². The van der Waals surface area contributed by atoms with Crippen LogP contribution in [0.3, 0.4) is 0 Å². The predicted molar refractivity (Wildman–Crippen MR) is 84.8 cm³/mol. The molecule has 0 aliphatic heterocycles. The van der Waals surface area contributed by atoms with Gasteiger partial charge in [0.25, 0.3) is 0 Å². The van der Waals surface area contributed by atoms with Crippen LogP contribution in [-0.4, -0.2) is 10.2 Å². The van der Waals surface area contributed by atoms with E-state index in [0.29, 0.717) is 0 Å². The highest BCUT2D eigenvalue weighted by Crippen LogP contribution is 2.48. The van der Waals surface area contributed by atoms with Gasteiger partial charge in [-0.2, -0.15) is 10.2 Å². The zero-order valence-electron chi connectivity index (χ0n) is 12.1. The van der Waals surface area contributed by atoms with E-state index in [9.17, 15) is 0 Å². The lowest BCUT2D eigenvalue weighted by Gasteiger charge is -2.42. The van der Waals surface area contributed by atoms with Crippen LogP contribution in [0, 0.1) is 0 Å². The van der Waals surface area contributed by atoms with E-state index >= 15 is 0 Å². The second-order valence-corrected chi connectivity index (χ2v) is 6.79. The van der Waals surface area contributed by atoms with Crippen LogP contribution >= 0.6 is 11.6 Å². The van der Waals surface area contributed by atoms with Gasteiger partial charge in [0.2, 0.25) is 0 Å². The molecule has 108 valence electrons. The van der Waals surface area contributed by atoms with Crippen LogP contribution in [0.4, 0.5) is 0 Å². The fourth-order valence-electron chi connectivity index (χ4n) is 3.72. The lowest BCUT2D eigenvalue weighted by atomic mass is 9.62. The minimum atomic E-state index is 0.0735. The van der Waals surface area contributed by atoms with Gasteiger partial charge in [-0.3, -0.25) is 0 Å². The molecule has 0 amide bonds. The maximum absolute atomic E-state index is 6.04. The number of benzene rings is 1. The second-order valence-electron chi connectivity index (χ2n) is 6.35. The Bertz CT molecular complexity index is 659. The second kappa shape index (κ2) is 5.10. The van der Waals surface area contributed by atoms with Crippen LogP contribution in [0.25, 0.3) is 0 Å². The normalized spacial score (nSPS) is 19.7. The molecule has 0 unspecified atom stereocenters. The predicted octanol–water partition coefficient (Wildman–Crippen LogP) is 4.48. The third-order valence-corrected chi connectivity index (χ3v) is 5.42. The number of aryl methyl sites for hydroxylation is 2. The van der Waals surface area contributed by atoms with Crippen molar-refractivity contribution in [2.75, 3.05) is 0 Å². The van der Waals surface area contributed by atoms with Crippen molar-refractivity contribution in [1.29, 1.82) is 0 Å². The van der Waals surface area contributed by atoms with E-state index in [4.69, 9.17) is 11.6 Å². The van der Waals surface area contributed by atoms with Crippen LogP contribution in [-0.2, 0) is 18.3 Å². The smallest absolute Gasteiger partial charge is 0.0739 e. The van der Waals surface area contributed by atoms with E-state index in [0.717, 1.165) is 23.6 Å². The summed E-state index contributed by atoms with van der Waals surface area (Å²) in [5, 5.41) is 9.93. The highest BCUT2D eigenvalue weighted by molar-refractivity contribution is 6.30. The molecule has 1 fully saturated rings. The van der Waals surface area contributed by atoms with Crippen molar-refractivity contribution in [2.45, 2.75) is 50.4 Å². The summed E-state index contributed by atoms with van der Waals surface area (Å²) >= 11 is 6.04. The summed E-state index contributed by atoms with van der Waals surface area (Å²) in [4.78, 5) is 0. The fraction of sp³-hybridized carbons (Fsp3) is 0.444. The first-order valence-electron chi connectivity index (χ1n) is 7.90. The molecule has 1 heterocycles. The van der Waals surface area contributed by atoms with Crippen molar-refractivity contribution < 1.29 is 0 Å². The fourth-order valence-corrected chi connectivity index (χ4v) is 3.84. The first-order valence-corrected chi connectivity index (χ1v) is 8.28. The zero-order chi connectivity index (χ0) is 14.3. The van der Waals surface area contributed by atoms with Crippen molar-refractivity contribution >= 4 is 11.6 Å². The Morgan fingerprint density at radius 1 is 0.905 bits per heavy atom. The summed E-state index contributed by atoms with van der Waals surface area (Å²) in [5.41, 5.74) is 5.21. The molecule has 1 saturated carbocycles. The third kappa shape index (κ3) is 2.17. The molecule has 0 saturated heterocycles. The molecule has 0 N–H and O–H groups in total. The largest absolute Gasteiger partial charge is 0.155 e. The van der Waals surface area contributed by atoms with E-state index in [2.05, 4.69) is 28.4 Å². The minimum Gasteiger partial charge on any atom is -0.155 e. The molecule has 1 aromatic heterocycles. The summed E-state index contributed by atoms with van der Waals surface area (Å²) in [5.74, 6) is 0. The van der Waals surface area contributed by atoms with Gasteiger partial charge in [-0.1, -0.05) is 30.2 Å². The van der Waals surface area contributed by atoms with Crippen LogP contribution < -0.4 is 0 Å². The Morgan fingerprint density at radius 3 is 2.38 bits per heavy atom. The Labute approximate surface area is 130 Å². The van der Waals surface area contributed by atoms with E-state index in [1.807, 2.05) is 12.1 Å². The van der Waals surface area contributed by atoms with E-state index in [1.165, 1.54) is 48.9 Å². The molecule has 3 heteroatoms. The Balaban J connectivity index is 1.77. The summed E-state index contributed by atoms with van der Waals surface area (Å²) in [6.07, 6.45) is 8.39. The molecule has 0 spiro atoms. The quantitative estimate of drug-likeness (QED) is 0.817.